The predicted molar refractivity (Wildman–Crippen MR) is 52.0 cm³/mol. The van der Waals surface area contributed by atoms with Crippen molar-refractivity contribution in [2.45, 2.75) is 32.0 Å². The molecule has 1 heterocycles. The maximum absolute atomic E-state index is 5.63. The van der Waals surface area contributed by atoms with Gasteiger partial charge in [0.15, 0.2) is 0 Å². The van der Waals surface area contributed by atoms with Gasteiger partial charge in [0, 0.05) is 6.54 Å². The highest BCUT2D eigenvalue weighted by atomic mass is 16.5. The molecule has 1 aliphatic rings. The van der Waals surface area contributed by atoms with Crippen LogP contribution >= 0.6 is 0 Å². The van der Waals surface area contributed by atoms with Crippen LogP contribution in [0.3, 0.4) is 0 Å². The van der Waals surface area contributed by atoms with Gasteiger partial charge in [-0.25, -0.2) is 0 Å². The lowest BCUT2D eigenvalue weighted by atomic mass is 10.2. The monoisotopic (exact) mass is 169 g/mol. The summed E-state index contributed by atoms with van der Waals surface area (Å²) in [4.78, 5) is 2.18. The Kier molecular flexibility index (Phi) is 5.79. The maximum Gasteiger partial charge on any atom is 0.0706 e. The van der Waals surface area contributed by atoms with Crippen LogP contribution in [0.4, 0.5) is 0 Å². The molecular formula is C10H19NO. The lowest BCUT2D eigenvalue weighted by Crippen LogP contribution is -2.25. The van der Waals surface area contributed by atoms with Crippen molar-refractivity contribution in [2.75, 3.05) is 20.6 Å². The topological polar surface area (TPSA) is 12.5 Å². The second-order valence-corrected chi connectivity index (χ2v) is 3.41. The summed E-state index contributed by atoms with van der Waals surface area (Å²) in [6.07, 6.45) is 11.5. The Labute approximate surface area is 75.9 Å². The second-order valence-electron chi connectivity index (χ2n) is 3.41. The first-order valence-electron chi connectivity index (χ1n) is 4.32. The maximum atomic E-state index is 5.63. The molecule has 2 nitrogen and oxygen atoms in total. The molecule has 1 fully saturated rings. The fourth-order valence-electron chi connectivity index (χ4n) is 1.43. The number of likely N-dealkylation sites (N-methyl/N-ethyl adjacent to an activating group) is 1. The van der Waals surface area contributed by atoms with Crippen molar-refractivity contribution in [1.29, 1.82) is 0 Å². The first kappa shape index (κ1) is 11.5. The number of hydrogen-bond donors (Lipinski definition) is 0. The molecule has 0 saturated carbocycles. The Morgan fingerprint density at radius 2 is 1.92 bits per heavy atom. The van der Waals surface area contributed by atoms with E-state index in [2.05, 4.69) is 38.8 Å². The van der Waals surface area contributed by atoms with Crippen molar-refractivity contribution < 1.29 is 4.74 Å². The molecule has 12 heavy (non-hydrogen) atoms. The highest BCUT2D eigenvalue weighted by Gasteiger charge is 2.21. The quantitative estimate of drug-likeness (QED) is 0.579. The minimum absolute atomic E-state index is 0.491. The van der Waals surface area contributed by atoms with Gasteiger partial charge >= 0.3 is 0 Å². The first-order valence-corrected chi connectivity index (χ1v) is 4.32. The molecule has 1 rings (SSSR count). The van der Waals surface area contributed by atoms with E-state index in [1.807, 2.05) is 0 Å². The first-order chi connectivity index (χ1) is 5.68. The van der Waals surface area contributed by atoms with Crippen molar-refractivity contribution in [3.05, 3.63) is 0 Å². The molecule has 0 aromatic rings. The van der Waals surface area contributed by atoms with Crippen LogP contribution < -0.4 is 0 Å². The van der Waals surface area contributed by atoms with E-state index in [4.69, 9.17) is 4.74 Å². The summed E-state index contributed by atoms with van der Waals surface area (Å²) in [6.45, 7) is 3.22. The van der Waals surface area contributed by atoms with Crippen LogP contribution in [0.25, 0.3) is 0 Å². The number of terminal acetylenes is 1. The fraction of sp³-hybridized carbons (Fsp3) is 0.800. The third-order valence-electron chi connectivity index (χ3n) is 1.89. The van der Waals surface area contributed by atoms with Gasteiger partial charge in [-0.15, -0.1) is 12.8 Å². The van der Waals surface area contributed by atoms with Gasteiger partial charge in [0.25, 0.3) is 0 Å². The third kappa shape index (κ3) is 4.38. The van der Waals surface area contributed by atoms with Crippen LogP contribution in [0.1, 0.15) is 19.8 Å². The average Bonchev–Trinajstić information content (AvgIpc) is 2.39. The van der Waals surface area contributed by atoms with Crippen LogP contribution in [0.2, 0.25) is 0 Å². The standard InChI is InChI=1S/C8H17NO.C2H2/c1-7-4-5-8(10-7)6-9(2)3;1-2/h7-8H,4-6H2,1-3H3;1-2H. The second kappa shape index (κ2) is 6.05. The summed E-state index contributed by atoms with van der Waals surface area (Å²) in [5, 5.41) is 0. The van der Waals surface area contributed by atoms with Gasteiger partial charge in [0.05, 0.1) is 12.2 Å². The molecule has 70 valence electrons. The summed E-state index contributed by atoms with van der Waals surface area (Å²) in [5.74, 6) is 0. The van der Waals surface area contributed by atoms with Crippen LogP contribution in [0, 0.1) is 12.8 Å². The molecule has 0 bridgehead atoms. The van der Waals surface area contributed by atoms with E-state index in [1.54, 1.807) is 0 Å². The van der Waals surface area contributed by atoms with E-state index in [9.17, 15) is 0 Å². The normalized spacial score (nSPS) is 28.2. The minimum Gasteiger partial charge on any atom is -0.374 e. The number of ether oxygens (including phenoxy) is 1. The summed E-state index contributed by atoms with van der Waals surface area (Å²) >= 11 is 0. The van der Waals surface area contributed by atoms with Crippen molar-refractivity contribution in [3.8, 4) is 12.8 Å². The Balaban J connectivity index is 0.000000561. The van der Waals surface area contributed by atoms with Gasteiger partial charge in [-0.3, -0.25) is 0 Å². The minimum atomic E-state index is 0.491. The highest BCUT2D eigenvalue weighted by molar-refractivity contribution is 4.71. The molecule has 0 aromatic carbocycles. The number of rotatable bonds is 2. The highest BCUT2D eigenvalue weighted by Crippen LogP contribution is 2.18. The number of nitrogens with zero attached hydrogens (tertiary/aromatic N) is 1. The van der Waals surface area contributed by atoms with Gasteiger partial charge in [-0.1, -0.05) is 0 Å². The largest absolute Gasteiger partial charge is 0.374 e. The Morgan fingerprint density at radius 1 is 1.33 bits per heavy atom. The van der Waals surface area contributed by atoms with Crippen molar-refractivity contribution >= 4 is 0 Å². The predicted octanol–water partition coefficient (Wildman–Crippen LogP) is 1.36. The van der Waals surface area contributed by atoms with E-state index in [-0.39, 0.29) is 0 Å². The third-order valence-corrected chi connectivity index (χ3v) is 1.89. The van der Waals surface area contributed by atoms with Gasteiger partial charge in [0.1, 0.15) is 0 Å². The fourth-order valence-corrected chi connectivity index (χ4v) is 1.43. The molecule has 2 heteroatoms. The van der Waals surface area contributed by atoms with Crippen LogP contribution in [-0.4, -0.2) is 37.7 Å². The molecule has 2 atom stereocenters. The molecule has 0 spiro atoms. The average molecular weight is 169 g/mol. The smallest absolute Gasteiger partial charge is 0.0706 e. The molecule has 0 aromatic heterocycles. The van der Waals surface area contributed by atoms with Gasteiger partial charge in [-0.2, -0.15) is 0 Å². The molecule has 1 saturated heterocycles. The lowest BCUT2D eigenvalue weighted by Gasteiger charge is -2.15. The zero-order chi connectivity index (χ0) is 9.56. The SMILES string of the molecule is C#C.CC1CCC(CN(C)C)O1. The molecule has 0 N–H and O–H groups in total. The van der Waals surface area contributed by atoms with Crippen molar-refractivity contribution in [2.24, 2.45) is 0 Å². The lowest BCUT2D eigenvalue weighted by molar-refractivity contribution is 0.0407. The number of hydrogen-bond acceptors (Lipinski definition) is 2. The zero-order valence-electron chi connectivity index (χ0n) is 8.29. The molecule has 0 radical (unpaired) electrons. The summed E-state index contributed by atoms with van der Waals surface area (Å²) in [7, 11) is 4.18. The summed E-state index contributed by atoms with van der Waals surface area (Å²) < 4.78 is 5.63. The Bertz CT molecular complexity index is 131. The summed E-state index contributed by atoms with van der Waals surface area (Å²) in [6, 6.07) is 0. The molecule has 0 aliphatic carbocycles. The van der Waals surface area contributed by atoms with Crippen molar-refractivity contribution in [1.82, 2.24) is 4.90 Å². The van der Waals surface area contributed by atoms with Gasteiger partial charge in [0.2, 0.25) is 0 Å². The zero-order valence-corrected chi connectivity index (χ0v) is 8.29. The van der Waals surface area contributed by atoms with E-state index >= 15 is 0 Å². The van der Waals surface area contributed by atoms with E-state index < -0.39 is 0 Å². The van der Waals surface area contributed by atoms with Crippen LogP contribution in [0.5, 0.6) is 0 Å². The van der Waals surface area contributed by atoms with Crippen LogP contribution in [0.15, 0.2) is 0 Å². The molecule has 2 unspecified atom stereocenters. The molecule has 0 amide bonds. The molecule has 1 aliphatic heterocycles. The van der Waals surface area contributed by atoms with E-state index in [1.165, 1.54) is 12.8 Å². The molecular weight excluding hydrogens is 150 g/mol. The van der Waals surface area contributed by atoms with Gasteiger partial charge in [-0.05, 0) is 33.9 Å². The van der Waals surface area contributed by atoms with Gasteiger partial charge < -0.3 is 9.64 Å². The summed E-state index contributed by atoms with van der Waals surface area (Å²) in [5.41, 5.74) is 0. The Hall–Kier alpha value is -0.520. The van der Waals surface area contributed by atoms with Crippen molar-refractivity contribution in [3.63, 3.8) is 0 Å². The van der Waals surface area contributed by atoms with E-state index in [0.717, 1.165) is 6.54 Å². The van der Waals surface area contributed by atoms with Crippen LogP contribution in [-0.2, 0) is 4.74 Å². The Morgan fingerprint density at radius 3 is 2.25 bits per heavy atom. The van der Waals surface area contributed by atoms with E-state index in [0.29, 0.717) is 12.2 Å².